The first-order valence-electron chi connectivity index (χ1n) is 5.22. The first kappa shape index (κ1) is 14.7. The Hall–Kier alpha value is -0.380. The second kappa shape index (κ2) is 6.53. The van der Waals surface area contributed by atoms with Crippen LogP contribution >= 0.6 is 12.6 Å². The summed E-state index contributed by atoms with van der Waals surface area (Å²) >= 11 is 3.87. The van der Waals surface area contributed by atoms with Crippen molar-refractivity contribution >= 4 is 18.5 Å². The van der Waals surface area contributed by atoms with Gasteiger partial charge >= 0.3 is 0 Å². The maximum absolute atomic E-state index is 11.3. The number of hydrogen-bond donors (Lipinski definition) is 6. The molecule has 0 spiro atoms. The number of ether oxygens (including phenoxy) is 1. The zero-order valence-electron chi connectivity index (χ0n) is 9.06. The van der Waals surface area contributed by atoms with Crippen molar-refractivity contribution in [3.63, 3.8) is 0 Å². The first-order valence-corrected chi connectivity index (χ1v) is 5.85. The average molecular weight is 267 g/mol. The van der Waals surface area contributed by atoms with E-state index >= 15 is 0 Å². The van der Waals surface area contributed by atoms with E-state index in [1.165, 1.54) is 0 Å². The molecule has 100 valence electrons. The van der Waals surface area contributed by atoms with Crippen molar-refractivity contribution in [1.29, 1.82) is 0 Å². The number of carbonyl (C=O) groups excluding carboxylic acids is 1. The van der Waals surface area contributed by atoms with Gasteiger partial charge in [0.25, 0.3) is 0 Å². The summed E-state index contributed by atoms with van der Waals surface area (Å²) in [6.07, 6.45) is -5.20. The Morgan fingerprint density at radius 1 is 1.29 bits per heavy atom. The molecule has 1 heterocycles. The molecule has 0 aromatic rings. The van der Waals surface area contributed by atoms with E-state index in [-0.39, 0.29) is 6.42 Å². The molecule has 0 bridgehead atoms. The number of rotatable bonds is 4. The topological polar surface area (TPSA) is 119 Å². The van der Waals surface area contributed by atoms with Gasteiger partial charge in [-0.25, -0.2) is 0 Å². The third-order valence-electron chi connectivity index (χ3n) is 2.57. The number of aliphatic hydroxyl groups excluding tert-OH is 4. The molecule has 8 heteroatoms. The predicted molar refractivity (Wildman–Crippen MR) is 60.4 cm³/mol. The van der Waals surface area contributed by atoms with Crippen LogP contribution in [0.4, 0.5) is 0 Å². The third-order valence-corrected chi connectivity index (χ3v) is 2.79. The summed E-state index contributed by atoms with van der Waals surface area (Å²) in [5.74, 6) is -0.0886. The SMILES string of the molecule is O=C(CCS)N[C@@H]1C(O)OC(CO)[C@@H](O)C1O. The van der Waals surface area contributed by atoms with E-state index in [4.69, 9.17) is 9.84 Å². The Balaban J connectivity index is 2.63. The summed E-state index contributed by atoms with van der Waals surface area (Å²) in [4.78, 5) is 11.3. The van der Waals surface area contributed by atoms with Crippen molar-refractivity contribution in [1.82, 2.24) is 5.32 Å². The largest absolute Gasteiger partial charge is 0.394 e. The van der Waals surface area contributed by atoms with E-state index in [0.29, 0.717) is 5.75 Å². The lowest BCUT2D eigenvalue weighted by atomic mass is 9.97. The van der Waals surface area contributed by atoms with Gasteiger partial charge in [0.05, 0.1) is 6.61 Å². The van der Waals surface area contributed by atoms with Crippen LogP contribution in [0.15, 0.2) is 0 Å². The normalized spacial score (nSPS) is 37.8. The predicted octanol–water partition coefficient (Wildman–Crippen LogP) is -2.78. The summed E-state index contributed by atoms with van der Waals surface area (Å²) in [7, 11) is 0. The van der Waals surface area contributed by atoms with Crippen molar-refractivity contribution in [2.45, 2.75) is 37.1 Å². The Morgan fingerprint density at radius 2 is 1.94 bits per heavy atom. The number of thiol groups is 1. The third kappa shape index (κ3) is 3.54. The number of nitrogens with one attached hydrogen (secondary N) is 1. The number of carbonyl (C=O) groups is 1. The molecule has 7 nitrogen and oxygen atoms in total. The highest BCUT2D eigenvalue weighted by Gasteiger charge is 2.44. The van der Waals surface area contributed by atoms with Crippen molar-refractivity contribution in [3.05, 3.63) is 0 Å². The Morgan fingerprint density at radius 3 is 2.47 bits per heavy atom. The molecule has 5 N–H and O–H groups in total. The summed E-state index contributed by atoms with van der Waals surface area (Å²) < 4.78 is 4.87. The van der Waals surface area contributed by atoms with Gasteiger partial charge in [-0.2, -0.15) is 12.6 Å². The van der Waals surface area contributed by atoms with E-state index in [9.17, 15) is 20.1 Å². The van der Waals surface area contributed by atoms with Crippen molar-refractivity contribution in [3.8, 4) is 0 Å². The number of aliphatic hydroxyl groups is 4. The highest BCUT2D eigenvalue weighted by molar-refractivity contribution is 7.80. The fourth-order valence-electron chi connectivity index (χ4n) is 1.61. The molecule has 0 aliphatic carbocycles. The van der Waals surface area contributed by atoms with E-state index in [0.717, 1.165) is 0 Å². The molecule has 0 aromatic carbocycles. The van der Waals surface area contributed by atoms with Crippen LogP contribution in [0, 0.1) is 0 Å². The summed E-state index contributed by atoms with van der Waals surface area (Å²) in [5.41, 5.74) is 0. The molecule has 0 radical (unpaired) electrons. The molecule has 1 aliphatic heterocycles. The van der Waals surface area contributed by atoms with Crippen molar-refractivity contribution in [2.75, 3.05) is 12.4 Å². The van der Waals surface area contributed by atoms with Crippen molar-refractivity contribution in [2.24, 2.45) is 0 Å². The molecule has 0 aromatic heterocycles. The fraction of sp³-hybridized carbons (Fsp3) is 0.889. The summed E-state index contributed by atoms with van der Waals surface area (Å²) in [6.45, 7) is -0.535. The van der Waals surface area contributed by atoms with Crippen LogP contribution in [0.3, 0.4) is 0 Å². The number of amides is 1. The van der Waals surface area contributed by atoms with Gasteiger partial charge in [0.1, 0.15) is 24.4 Å². The highest BCUT2D eigenvalue weighted by atomic mass is 32.1. The van der Waals surface area contributed by atoms with E-state index in [1.54, 1.807) is 0 Å². The minimum atomic E-state index is -1.48. The Bertz CT molecular complexity index is 266. The Kier molecular flexibility index (Phi) is 5.63. The maximum Gasteiger partial charge on any atom is 0.221 e. The maximum atomic E-state index is 11.3. The molecular weight excluding hydrogens is 250 g/mol. The first-order chi connectivity index (χ1) is 8.01. The molecule has 1 fully saturated rings. The molecule has 1 rings (SSSR count). The van der Waals surface area contributed by atoms with Gasteiger partial charge in [0, 0.05) is 6.42 Å². The lowest BCUT2D eigenvalue weighted by Gasteiger charge is -2.40. The van der Waals surface area contributed by atoms with Gasteiger partial charge in [-0.1, -0.05) is 0 Å². The number of hydrogen-bond acceptors (Lipinski definition) is 7. The quantitative estimate of drug-likeness (QED) is 0.307. The van der Waals surface area contributed by atoms with E-state index in [1.807, 2.05) is 0 Å². The lowest BCUT2D eigenvalue weighted by molar-refractivity contribution is -0.253. The van der Waals surface area contributed by atoms with Crippen LogP contribution in [-0.4, -0.2) is 69.3 Å². The standard InChI is InChI=1S/C9H17NO6S/c11-3-4-7(13)8(14)6(9(15)16-4)10-5(12)1-2-17/h4,6-9,11,13-15,17H,1-3H2,(H,10,12)/t4?,6-,7+,8?,9?/m0/s1. The van der Waals surface area contributed by atoms with Crippen LogP contribution in [0.1, 0.15) is 6.42 Å². The average Bonchev–Trinajstić information content (AvgIpc) is 2.29. The second-order valence-electron chi connectivity index (χ2n) is 3.80. The monoisotopic (exact) mass is 267 g/mol. The minimum Gasteiger partial charge on any atom is -0.394 e. The van der Waals surface area contributed by atoms with Gasteiger partial charge in [-0.3, -0.25) is 4.79 Å². The molecule has 1 saturated heterocycles. The molecule has 1 amide bonds. The van der Waals surface area contributed by atoms with E-state index in [2.05, 4.69) is 17.9 Å². The van der Waals surface area contributed by atoms with Crippen LogP contribution < -0.4 is 5.32 Å². The fourth-order valence-corrected chi connectivity index (χ4v) is 1.82. The molecule has 3 unspecified atom stereocenters. The summed E-state index contributed by atoms with van der Waals surface area (Å²) in [6, 6.07) is -1.12. The van der Waals surface area contributed by atoms with Gasteiger partial charge in [0.2, 0.25) is 5.91 Å². The van der Waals surface area contributed by atoms with Gasteiger partial charge in [-0.15, -0.1) is 0 Å². The van der Waals surface area contributed by atoms with Gasteiger partial charge < -0.3 is 30.5 Å². The summed E-state index contributed by atoms with van der Waals surface area (Å²) in [5, 5.41) is 40.0. The molecule has 0 saturated carbocycles. The highest BCUT2D eigenvalue weighted by Crippen LogP contribution is 2.19. The second-order valence-corrected chi connectivity index (χ2v) is 4.24. The lowest BCUT2D eigenvalue weighted by Crippen LogP contribution is -2.64. The van der Waals surface area contributed by atoms with E-state index < -0.39 is 43.2 Å². The molecule has 17 heavy (non-hydrogen) atoms. The Labute approximate surface area is 104 Å². The smallest absolute Gasteiger partial charge is 0.221 e. The zero-order chi connectivity index (χ0) is 13.0. The van der Waals surface area contributed by atoms with Crippen LogP contribution in [0.5, 0.6) is 0 Å². The van der Waals surface area contributed by atoms with Gasteiger partial charge in [0.15, 0.2) is 6.29 Å². The molecule has 1 aliphatic rings. The zero-order valence-corrected chi connectivity index (χ0v) is 9.96. The van der Waals surface area contributed by atoms with Crippen LogP contribution in [0.2, 0.25) is 0 Å². The van der Waals surface area contributed by atoms with Crippen LogP contribution in [0.25, 0.3) is 0 Å². The molecule has 5 atom stereocenters. The van der Waals surface area contributed by atoms with Crippen molar-refractivity contribution < 1.29 is 30.0 Å². The minimum absolute atomic E-state index is 0.124. The van der Waals surface area contributed by atoms with Gasteiger partial charge in [-0.05, 0) is 5.75 Å². The van der Waals surface area contributed by atoms with Crippen LogP contribution in [-0.2, 0) is 9.53 Å². The molecular formula is C9H17NO6S.